The van der Waals surface area contributed by atoms with Gasteiger partial charge in [-0.25, -0.2) is 0 Å². The van der Waals surface area contributed by atoms with Gasteiger partial charge in [-0.2, -0.15) is 0 Å². The van der Waals surface area contributed by atoms with Gasteiger partial charge in [-0.1, -0.05) is 36.4 Å². The molecule has 1 aliphatic rings. The average molecular weight is 264 g/mol. The number of furan rings is 1. The molecule has 0 spiro atoms. The molecule has 20 heavy (non-hydrogen) atoms. The van der Waals surface area contributed by atoms with E-state index in [-0.39, 0.29) is 0 Å². The highest BCUT2D eigenvalue weighted by Crippen LogP contribution is 2.21. The zero-order valence-electron chi connectivity index (χ0n) is 10.8. The molecule has 4 heteroatoms. The second-order valence-corrected chi connectivity index (χ2v) is 5.13. The Morgan fingerprint density at radius 3 is 2.70 bits per heavy atom. The van der Waals surface area contributed by atoms with Crippen molar-refractivity contribution in [1.29, 1.82) is 0 Å². The summed E-state index contributed by atoms with van der Waals surface area (Å²) >= 11 is 0. The number of fused-ring (bicyclic) bond motifs is 5. The molecule has 1 aliphatic carbocycles. The van der Waals surface area contributed by atoms with E-state index in [9.17, 15) is 10.0 Å². The van der Waals surface area contributed by atoms with Gasteiger partial charge < -0.3 is 14.5 Å². The second kappa shape index (κ2) is 4.23. The third kappa shape index (κ3) is 1.55. The van der Waals surface area contributed by atoms with E-state index in [0.29, 0.717) is 11.0 Å². The number of hydrogen-bond donors (Lipinski definition) is 2. The first-order chi connectivity index (χ1) is 9.75. The molecule has 0 saturated heterocycles. The van der Waals surface area contributed by atoms with Crippen LogP contribution in [0.15, 0.2) is 34.7 Å². The fourth-order valence-electron chi connectivity index (χ4n) is 3.00. The summed E-state index contributed by atoms with van der Waals surface area (Å²) < 4.78 is 5.88. The lowest BCUT2D eigenvalue weighted by Crippen LogP contribution is -2.30. The summed E-state index contributed by atoms with van der Waals surface area (Å²) in [5, 5.41) is 23.4. The lowest BCUT2D eigenvalue weighted by molar-refractivity contribution is 0.425. The zero-order chi connectivity index (χ0) is 13.7. The summed E-state index contributed by atoms with van der Waals surface area (Å²) in [5.74, 6) is 0. The van der Waals surface area contributed by atoms with Gasteiger partial charge in [0.25, 0.3) is 0 Å². The first kappa shape index (κ1) is 11.8. The van der Waals surface area contributed by atoms with Gasteiger partial charge in [0.2, 0.25) is 0 Å². The molecule has 0 aliphatic heterocycles. The van der Waals surface area contributed by atoms with Crippen molar-refractivity contribution in [2.45, 2.75) is 12.8 Å². The molecule has 1 heterocycles. The van der Waals surface area contributed by atoms with Gasteiger partial charge in [-0.3, -0.25) is 0 Å². The van der Waals surface area contributed by atoms with Crippen molar-refractivity contribution in [2.24, 2.45) is 0 Å². The van der Waals surface area contributed by atoms with Crippen LogP contribution in [-0.2, 0) is 0 Å². The summed E-state index contributed by atoms with van der Waals surface area (Å²) in [6.45, 7) is 0. The molecule has 3 aromatic rings. The van der Waals surface area contributed by atoms with Crippen molar-refractivity contribution in [3.63, 3.8) is 0 Å². The Morgan fingerprint density at radius 1 is 1.05 bits per heavy atom. The van der Waals surface area contributed by atoms with E-state index in [4.69, 9.17) is 4.42 Å². The van der Waals surface area contributed by atoms with Crippen molar-refractivity contribution in [1.82, 2.24) is 0 Å². The fraction of sp³-hybridized carbons (Fsp3) is 0.125. The molecule has 98 valence electrons. The minimum Gasteiger partial charge on any atom is -0.457 e. The summed E-state index contributed by atoms with van der Waals surface area (Å²) in [7, 11) is -1.53. The average Bonchev–Trinajstić information content (AvgIpc) is 2.85. The van der Waals surface area contributed by atoms with E-state index >= 15 is 0 Å². The van der Waals surface area contributed by atoms with E-state index in [1.54, 1.807) is 6.07 Å². The second-order valence-electron chi connectivity index (χ2n) is 5.13. The molecule has 0 bridgehead atoms. The molecule has 2 N–H and O–H groups in total. The third-order valence-electron chi connectivity index (χ3n) is 3.90. The highest BCUT2D eigenvalue weighted by atomic mass is 16.4. The van der Waals surface area contributed by atoms with E-state index in [1.807, 2.05) is 24.3 Å². The van der Waals surface area contributed by atoms with Crippen LogP contribution in [0.3, 0.4) is 0 Å². The largest absolute Gasteiger partial charge is 0.492 e. The van der Waals surface area contributed by atoms with Crippen molar-refractivity contribution in [2.75, 3.05) is 0 Å². The van der Waals surface area contributed by atoms with Gasteiger partial charge in [-0.05, 0) is 29.7 Å². The predicted molar refractivity (Wildman–Crippen MR) is 81.0 cm³/mol. The van der Waals surface area contributed by atoms with Crippen LogP contribution in [0.2, 0.25) is 0 Å². The maximum Gasteiger partial charge on any atom is 0.492 e. The smallest absolute Gasteiger partial charge is 0.457 e. The summed E-state index contributed by atoms with van der Waals surface area (Å²) in [6, 6.07) is 9.75. The van der Waals surface area contributed by atoms with Crippen molar-refractivity contribution >= 4 is 46.5 Å². The van der Waals surface area contributed by atoms with Crippen LogP contribution in [0.4, 0.5) is 0 Å². The maximum absolute atomic E-state index is 9.62. The van der Waals surface area contributed by atoms with Gasteiger partial charge >= 0.3 is 7.12 Å². The molecular weight excluding hydrogens is 251 g/mol. The zero-order valence-corrected chi connectivity index (χ0v) is 10.8. The SMILES string of the molecule is OB(O)c1cc2ccccc2c2c3c(oc12)=CCCC=3. The van der Waals surface area contributed by atoms with E-state index < -0.39 is 7.12 Å². The number of benzene rings is 2. The Labute approximate surface area is 115 Å². The molecule has 0 saturated carbocycles. The minimum atomic E-state index is -1.53. The third-order valence-corrected chi connectivity index (χ3v) is 3.90. The van der Waals surface area contributed by atoms with Gasteiger partial charge in [-0.15, -0.1) is 0 Å². The fourth-order valence-corrected chi connectivity index (χ4v) is 3.00. The topological polar surface area (TPSA) is 53.6 Å². The minimum absolute atomic E-state index is 0.426. The molecule has 3 nitrogen and oxygen atoms in total. The monoisotopic (exact) mass is 264 g/mol. The van der Waals surface area contributed by atoms with E-state index in [2.05, 4.69) is 12.2 Å². The quantitative estimate of drug-likeness (QED) is 0.633. The molecule has 4 rings (SSSR count). The van der Waals surface area contributed by atoms with Gasteiger partial charge in [0.05, 0.1) is 0 Å². The summed E-state index contributed by atoms with van der Waals surface area (Å²) in [4.78, 5) is 0. The lowest BCUT2D eigenvalue weighted by Gasteiger charge is -2.05. The lowest BCUT2D eigenvalue weighted by atomic mass is 9.78. The highest BCUT2D eigenvalue weighted by Gasteiger charge is 2.21. The van der Waals surface area contributed by atoms with Crippen LogP contribution in [0.1, 0.15) is 12.8 Å². The van der Waals surface area contributed by atoms with Crippen LogP contribution in [-0.4, -0.2) is 17.2 Å². The maximum atomic E-state index is 9.62. The molecule has 0 unspecified atom stereocenters. The Hall–Kier alpha value is -2.04. The molecule has 0 fully saturated rings. The predicted octanol–water partition coefficient (Wildman–Crippen LogP) is 0.621. The first-order valence-electron chi connectivity index (χ1n) is 6.76. The van der Waals surface area contributed by atoms with E-state index in [1.165, 1.54) is 0 Å². The molecule has 0 atom stereocenters. The summed E-state index contributed by atoms with van der Waals surface area (Å²) in [6.07, 6.45) is 6.18. The Balaban J connectivity index is 2.34. The van der Waals surface area contributed by atoms with Gasteiger partial charge in [0.1, 0.15) is 11.0 Å². The van der Waals surface area contributed by atoms with E-state index in [0.717, 1.165) is 39.6 Å². The number of rotatable bonds is 1. The van der Waals surface area contributed by atoms with Crippen LogP contribution in [0, 0.1) is 0 Å². The van der Waals surface area contributed by atoms with Gasteiger partial charge in [0.15, 0.2) is 0 Å². The van der Waals surface area contributed by atoms with Crippen LogP contribution in [0.5, 0.6) is 0 Å². The summed E-state index contributed by atoms with van der Waals surface area (Å²) in [5.41, 5.74) is 1.84. The molecule has 2 aromatic carbocycles. The van der Waals surface area contributed by atoms with Gasteiger partial charge in [0, 0.05) is 16.1 Å². The molecule has 0 radical (unpaired) electrons. The van der Waals surface area contributed by atoms with Crippen LogP contribution >= 0.6 is 0 Å². The normalized spacial score (nSPS) is 13.9. The van der Waals surface area contributed by atoms with Crippen molar-refractivity contribution in [3.8, 4) is 0 Å². The number of hydrogen-bond acceptors (Lipinski definition) is 3. The highest BCUT2D eigenvalue weighted by molar-refractivity contribution is 6.62. The first-order valence-corrected chi connectivity index (χ1v) is 6.76. The molecule has 0 amide bonds. The van der Waals surface area contributed by atoms with Crippen molar-refractivity contribution < 1.29 is 14.5 Å². The Kier molecular flexibility index (Phi) is 2.49. The Bertz CT molecular complexity index is 938. The molecular formula is C16H13BO3. The van der Waals surface area contributed by atoms with Crippen molar-refractivity contribution in [3.05, 3.63) is 41.0 Å². The Morgan fingerprint density at radius 2 is 1.85 bits per heavy atom. The molecule has 1 aromatic heterocycles. The van der Waals surface area contributed by atoms with Crippen LogP contribution in [0.25, 0.3) is 33.9 Å². The van der Waals surface area contributed by atoms with Crippen LogP contribution < -0.4 is 16.1 Å². The standard InChI is InChI=1S/C16H13BO3/c18-17(19)13-9-10-5-1-2-6-11(10)15-12-7-3-4-8-14(12)20-16(13)15/h1-2,5-9,18-19H,3-4H2.